The second-order valence-electron chi connectivity index (χ2n) is 7.97. The van der Waals surface area contributed by atoms with Gasteiger partial charge in [-0.05, 0) is 44.5 Å². The number of carbonyl (C=O) groups excluding carboxylic acids is 1. The molecule has 0 spiro atoms. The van der Waals surface area contributed by atoms with E-state index >= 15 is 0 Å². The van der Waals surface area contributed by atoms with Crippen molar-refractivity contribution in [2.24, 2.45) is 0 Å². The summed E-state index contributed by atoms with van der Waals surface area (Å²) >= 11 is 0. The quantitative estimate of drug-likeness (QED) is 0.381. The molecule has 0 N–H and O–H groups in total. The molecule has 0 unspecified atom stereocenters. The molecule has 0 radical (unpaired) electrons. The number of nitrogens with zero attached hydrogens (tertiary/aromatic N) is 6. The predicted octanol–water partition coefficient (Wildman–Crippen LogP) is 4.18. The van der Waals surface area contributed by atoms with Crippen molar-refractivity contribution in [3.63, 3.8) is 0 Å². The van der Waals surface area contributed by atoms with Crippen LogP contribution in [0.1, 0.15) is 39.8 Å². The zero-order chi connectivity index (χ0) is 23.1. The van der Waals surface area contributed by atoms with Gasteiger partial charge in [-0.3, -0.25) is 0 Å². The number of fused-ring (bicyclic) bond motifs is 3. The summed E-state index contributed by atoms with van der Waals surface area (Å²) in [5.74, 6) is 0.110. The number of hydrogen-bond donors (Lipinski definition) is 0. The van der Waals surface area contributed by atoms with E-state index in [1.165, 1.54) is 7.11 Å². The minimum Gasteiger partial charge on any atom is -0.465 e. The minimum atomic E-state index is -0.341. The number of carbonyl (C=O) groups is 1. The van der Waals surface area contributed by atoms with Gasteiger partial charge in [-0.2, -0.15) is 10.1 Å². The lowest BCUT2D eigenvalue weighted by molar-refractivity contribution is 0.0600. The Morgan fingerprint density at radius 1 is 1.03 bits per heavy atom. The first kappa shape index (κ1) is 20.8. The molecule has 3 heterocycles. The molecular weight excluding hydrogens is 416 g/mol. The normalized spacial score (nSPS) is 11.4. The molecule has 0 aliphatic heterocycles. The summed E-state index contributed by atoms with van der Waals surface area (Å²) in [4.78, 5) is 16.5. The topological polar surface area (TPSA) is 87.7 Å². The molecule has 33 heavy (non-hydrogen) atoms. The van der Waals surface area contributed by atoms with Crippen molar-refractivity contribution >= 4 is 28.0 Å². The Balaban J connectivity index is 1.54. The fraction of sp³-hybridized carbons (Fsp3) is 0.240. The third-order valence-electron chi connectivity index (χ3n) is 6.07. The zero-order valence-electron chi connectivity index (χ0n) is 19.0. The van der Waals surface area contributed by atoms with Gasteiger partial charge in [0, 0.05) is 29.6 Å². The van der Waals surface area contributed by atoms with Gasteiger partial charge in [-0.25, -0.2) is 9.48 Å². The Morgan fingerprint density at radius 3 is 2.52 bits per heavy atom. The van der Waals surface area contributed by atoms with Gasteiger partial charge in [0.1, 0.15) is 5.52 Å². The van der Waals surface area contributed by atoms with Gasteiger partial charge in [-0.1, -0.05) is 30.3 Å². The van der Waals surface area contributed by atoms with E-state index in [2.05, 4.69) is 27.8 Å². The van der Waals surface area contributed by atoms with Crippen molar-refractivity contribution < 1.29 is 9.53 Å². The Morgan fingerprint density at radius 2 is 1.79 bits per heavy atom. The standard InChI is InChI=1S/C25H24N6O2/c1-5-30-21-9-7-6-8-19(21)22-23(30)26-25(28-27-22)31-16(3)20(15(2)29-31)14-17-10-12-18(13-11-17)24(32)33-4/h6-13H,5,14H2,1-4H3. The molecule has 2 aromatic carbocycles. The largest absolute Gasteiger partial charge is 0.465 e. The molecule has 0 atom stereocenters. The van der Waals surface area contributed by atoms with Gasteiger partial charge in [0.15, 0.2) is 5.65 Å². The van der Waals surface area contributed by atoms with Gasteiger partial charge in [0.25, 0.3) is 5.95 Å². The van der Waals surface area contributed by atoms with E-state index < -0.39 is 0 Å². The SMILES string of the molecule is CCn1c2ccccc2c2nnc(-n3nc(C)c(Cc4ccc(C(=O)OC)cc4)c3C)nc21. The third kappa shape index (κ3) is 3.44. The maximum absolute atomic E-state index is 11.7. The highest BCUT2D eigenvalue weighted by Crippen LogP contribution is 2.27. The van der Waals surface area contributed by atoms with Crippen molar-refractivity contribution in [1.82, 2.24) is 29.5 Å². The summed E-state index contributed by atoms with van der Waals surface area (Å²) in [7, 11) is 1.38. The molecule has 0 fully saturated rings. The average Bonchev–Trinajstić information content (AvgIpc) is 3.32. The third-order valence-corrected chi connectivity index (χ3v) is 6.07. The summed E-state index contributed by atoms with van der Waals surface area (Å²) in [5.41, 5.74) is 7.27. The van der Waals surface area contributed by atoms with Crippen LogP contribution in [0, 0.1) is 13.8 Å². The second kappa shape index (κ2) is 8.12. The summed E-state index contributed by atoms with van der Waals surface area (Å²) in [5, 5.41) is 14.7. The molecule has 0 amide bonds. The van der Waals surface area contributed by atoms with E-state index in [0.29, 0.717) is 17.9 Å². The van der Waals surface area contributed by atoms with E-state index in [4.69, 9.17) is 14.8 Å². The van der Waals surface area contributed by atoms with Crippen LogP contribution in [0.25, 0.3) is 28.0 Å². The van der Waals surface area contributed by atoms with Crippen molar-refractivity contribution in [3.05, 3.63) is 76.6 Å². The maximum atomic E-state index is 11.7. The van der Waals surface area contributed by atoms with Crippen LogP contribution in [0.5, 0.6) is 0 Å². The van der Waals surface area contributed by atoms with E-state index in [1.54, 1.807) is 16.8 Å². The monoisotopic (exact) mass is 440 g/mol. The number of aromatic nitrogens is 6. The number of ether oxygens (including phenoxy) is 1. The van der Waals surface area contributed by atoms with Crippen LogP contribution < -0.4 is 0 Å². The first-order valence-corrected chi connectivity index (χ1v) is 10.9. The smallest absolute Gasteiger partial charge is 0.337 e. The molecular formula is C25H24N6O2. The van der Waals surface area contributed by atoms with Crippen molar-refractivity contribution in [2.75, 3.05) is 7.11 Å². The Labute approximate surface area is 190 Å². The minimum absolute atomic E-state index is 0.341. The fourth-order valence-electron chi connectivity index (χ4n) is 4.31. The molecule has 0 saturated heterocycles. The first-order chi connectivity index (χ1) is 16.0. The molecule has 5 aromatic rings. The number of para-hydroxylation sites is 1. The molecule has 3 aromatic heterocycles. The zero-order valence-corrected chi connectivity index (χ0v) is 19.0. The number of methoxy groups -OCH3 is 1. The number of aryl methyl sites for hydroxylation is 2. The number of esters is 1. The molecule has 5 rings (SSSR count). The molecule has 166 valence electrons. The Bertz CT molecular complexity index is 1500. The fourth-order valence-corrected chi connectivity index (χ4v) is 4.31. The van der Waals surface area contributed by atoms with Crippen molar-refractivity contribution in [1.29, 1.82) is 0 Å². The van der Waals surface area contributed by atoms with Gasteiger partial charge in [-0.15, -0.1) is 10.2 Å². The summed E-state index contributed by atoms with van der Waals surface area (Å²) in [6.07, 6.45) is 0.685. The maximum Gasteiger partial charge on any atom is 0.337 e. The van der Waals surface area contributed by atoms with Gasteiger partial charge < -0.3 is 9.30 Å². The van der Waals surface area contributed by atoms with Crippen LogP contribution >= 0.6 is 0 Å². The van der Waals surface area contributed by atoms with Crippen LogP contribution in [0.15, 0.2) is 48.5 Å². The van der Waals surface area contributed by atoms with Crippen molar-refractivity contribution in [2.45, 2.75) is 33.7 Å². The molecule has 0 saturated carbocycles. The van der Waals surface area contributed by atoms with E-state index in [1.807, 2.05) is 44.2 Å². The van der Waals surface area contributed by atoms with Crippen LogP contribution in [0.4, 0.5) is 0 Å². The average molecular weight is 441 g/mol. The molecule has 8 heteroatoms. The lowest BCUT2D eigenvalue weighted by atomic mass is 10.0. The molecule has 0 bridgehead atoms. The summed E-state index contributed by atoms with van der Waals surface area (Å²) < 4.78 is 8.69. The summed E-state index contributed by atoms with van der Waals surface area (Å²) in [6.45, 7) is 6.88. The number of benzene rings is 2. The van der Waals surface area contributed by atoms with Gasteiger partial charge in [0.05, 0.1) is 23.9 Å². The Kier molecular flexibility index (Phi) is 5.12. The van der Waals surface area contributed by atoms with Crippen molar-refractivity contribution in [3.8, 4) is 5.95 Å². The second-order valence-corrected chi connectivity index (χ2v) is 7.97. The summed E-state index contributed by atoms with van der Waals surface area (Å²) in [6, 6.07) is 15.6. The van der Waals surface area contributed by atoms with E-state index in [9.17, 15) is 4.79 Å². The van der Waals surface area contributed by atoms with Crippen LogP contribution in [-0.2, 0) is 17.7 Å². The molecule has 8 nitrogen and oxygen atoms in total. The highest BCUT2D eigenvalue weighted by atomic mass is 16.5. The number of hydrogen-bond acceptors (Lipinski definition) is 6. The molecule has 0 aliphatic rings. The Hall–Kier alpha value is -4.07. The lowest BCUT2D eigenvalue weighted by Crippen LogP contribution is -2.08. The number of rotatable bonds is 5. The van der Waals surface area contributed by atoms with Crippen LogP contribution in [-0.4, -0.2) is 42.6 Å². The first-order valence-electron chi connectivity index (χ1n) is 10.9. The van der Waals surface area contributed by atoms with Crippen LogP contribution in [0.3, 0.4) is 0 Å². The van der Waals surface area contributed by atoms with Crippen LogP contribution in [0.2, 0.25) is 0 Å². The van der Waals surface area contributed by atoms with Gasteiger partial charge >= 0.3 is 5.97 Å². The van der Waals surface area contributed by atoms with E-state index in [-0.39, 0.29) is 5.97 Å². The molecule has 0 aliphatic carbocycles. The van der Waals surface area contributed by atoms with E-state index in [0.717, 1.165) is 51.1 Å². The lowest BCUT2D eigenvalue weighted by Gasteiger charge is -2.06. The van der Waals surface area contributed by atoms with Gasteiger partial charge in [0.2, 0.25) is 0 Å². The predicted molar refractivity (Wildman–Crippen MR) is 126 cm³/mol. The highest BCUT2D eigenvalue weighted by Gasteiger charge is 2.19. The highest BCUT2D eigenvalue weighted by molar-refractivity contribution is 6.04.